The molecule has 1 atom stereocenters. The number of hydrogen-bond donors (Lipinski definition) is 1. The van der Waals surface area contributed by atoms with E-state index in [0.29, 0.717) is 17.5 Å². The lowest BCUT2D eigenvalue weighted by Crippen LogP contribution is -2.32. The first-order valence-electron chi connectivity index (χ1n) is 6.88. The molecule has 1 N–H and O–H groups in total. The Morgan fingerprint density at radius 3 is 2.20 bits per heavy atom. The van der Waals surface area contributed by atoms with Gasteiger partial charge in [-0.1, -0.05) is 26.7 Å². The largest absolute Gasteiger partial charge is 0.416 e. The third-order valence-electron chi connectivity index (χ3n) is 3.67. The summed E-state index contributed by atoms with van der Waals surface area (Å²) in [5.74, 6) is -0.391. The predicted molar refractivity (Wildman–Crippen MR) is 71.8 cm³/mol. The highest BCUT2D eigenvalue weighted by atomic mass is 19.4. The van der Waals surface area contributed by atoms with Crippen molar-refractivity contribution in [2.75, 3.05) is 0 Å². The van der Waals surface area contributed by atoms with Crippen LogP contribution in [0.3, 0.4) is 0 Å². The maximum absolute atomic E-state index is 13.2. The fraction of sp³-hybridized carbons (Fsp3) is 0.600. The van der Waals surface area contributed by atoms with Gasteiger partial charge in [-0.15, -0.1) is 0 Å². The van der Waals surface area contributed by atoms with Gasteiger partial charge in [0.2, 0.25) is 0 Å². The van der Waals surface area contributed by atoms with E-state index < -0.39 is 17.6 Å². The molecule has 1 nitrogen and oxygen atoms in total. The van der Waals surface area contributed by atoms with Gasteiger partial charge in [0.15, 0.2) is 0 Å². The monoisotopic (exact) mass is 291 g/mol. The van der Waals surface area contributed by atoms with E-state index in [0.717, 1.165) is 25.0 Å². The highest BCUT2D eigenvalue weighted by Crippen LogP contribution is 2.30. The van der Waals surface area contributed by atoms with E-state index in [1.54, 1.807) is 0 Å². The molecule has 20 heavy (non-hydrogen) atoms. The van der Waals surface area contributed by atoms with E-state index in [4.69, 9.17) is 0 Å². The quantitative estimate of drug-likeness (QED) is 0.745. The van der Waals surface area contributed by atoms with Gasteiger partial charge in [-0.05, 0) is 36.6 Å². The molecule has 0 heterocycles. The molecule has 0 fully saturated rings. The second kappa shape index (κ2) is 7.07. The van der Waals surface area contributed by atoms with Gasteiger partial charge in [0, 0.05) is 12.6 Å². The molecule has 1 aromatic rings. The first-order valence-corrected chi connectivity index (χ1v) is 6.88. The van der Waals surface area contributed by atoms with E-state index in [2.05, 4.69) is 19.2 Å². The lowest BCUT2D eigenvalue weighted by Gasteiger charge is -2.22. The second-order valence-electron chi connectivity index (χ2n) is 5.09. The molecule has 0 aromatic heterocycles. The van der Waals surface area contributed by atoms with E-state index >= 15 is 0 Å². The van der Waals surface area contributed by atoms with Crippen LogP contribution in [0.2, 0.25) is 0 Å². The van der Waals surface area contributed by atoms with E-state index in [1.165, 1.54) is 0 Å². The molecule has 0 saturated heterocycles. The molecule has 114 valence electrons. The first kappa shape index (κ1) is 17.0. The Morgan fingerprint density at radius 1 is 1.10 bits per heavy atom. The zero-order valence-electron chi connectivity index (χ0n) is 12.0. The van der Waals surface area contributed by atoms with Crippen molar-refractivity contribution in [1.82, 2.24) is 5.32 Å². The molecule has 0 spiro atoms. The summed E-state index contributed by atoms with van der Waals surface area (Å²) in [6, 6.07) is 2.84. The molecule has 0 bridgehead atoms. The first-order chi connectivity index (χ1) is 9.27. The van der Waals surface area contributed by atoms with Crippen LogP contribution in [0.5, 0.6) is 0 Å². The summed E-state index contributed by atoms with van der Waals surface area (Å²) >= 11 is 0. The van der Waals surface area contributed by atoms with Crippen LogP contribution in [-0.2, 0) is 12.7 Å². The Morgan fingerprint density at radius 2 is 1.70 bits per heavy atom. The number of hydrogen-bond acceptors (Lipinski definition) is 1. The number of rotatable bonds is 6. The molecule has 0 aliphatic rings. The fourth-order valence-electron chi connectivity index (χ4n) is 2.36. The number of benzene rings is 1. The standard InChI is InChI=1S/C15H21F4N/c1-4-12(5-2)10(3)20-9-11-6-13(15(17,18)19)8-14(16)7-11/h6-8,10,12,20H,4-5,9H2,1-3H3. The van der Waals surface area contributed by atoms with Gasteiger partial charge >= 0.3 is 6.18 Å². The summed E-state index contributed by atoms with van der Waals surface area (Å²) in [7, 11) is 0. The molecule has 1 unspecified atom stereocenters. The third kappa shape index (κ3) is 4.78. The maximum atomic E-state index is 13.2. The van der Waals surface area contributed by atoms with Gasteiger partial charge in [0.05, 0.1) is 5.56 Å². The summed E-state index contributed by atoms with van der Waals surface area (Å²) in [6.45, 7) is 6.40. The Kier molecular flexibility index (Phi) is 5.99. The Labute approximate surface area is 117 Å². The average molecular weight is 291 g/mol. The van der Waals surface area contributed by atoms with Crippen LogP contribution in [0.4, 0.5) is 17.6 Å². The number of alkyl halides is 3. The number of halogens is 4. The topological polar surface area (TPSA) is 12.0 Å². The molecule has 0 aliphatic carbocycles. The highest BCUT2D eigenvalue weighted by molar-refractivity contribution is 5.26. The molecule has 5 heteroatoms. The second-order valence-corrected chi connectivity index (χ2v) is 5.09. The van der Waals surface area contributed by atoms with Crippen LogP contribution in [0, 0.1) is 11.7 Å². The van der Waals surface area contributed by atoms with E-state index in [9.17, 15) is 17.6 Å². The Hall–Kier alpha value is -1.10. The molecular formula is C15H21F4N. The summed E-state index contributed by atoms with van der Waals surface area (Å²) in [5, 5.41) is 3.17. The molecule has 0 saturated carbocycles. The fourth-order valence-corrected chi connectivity index (χ4v) is 2.36. The molecular weight excluding hydrogens is 270 g/mol. The summed E-state index contributed by atoms with van der Waals surface area (Å²) in [6.07, 6.45) is -2.51. The lowest BCUT2D eigenvalue weighted by atomic mass is 9.95. The summed E-state index contributed by atoms with van der Waals surface area (Å²) in [5.41, 5.74) is -0.625. The van der Waals surface area contributed by atoms with E-state index in [-0.39, 0.29) is 12.6 Å². The van der Waals surface area contributed by atoms with Crippen molar-refractivity contribution in [2.45, 2.75) is 52.4 Å². The van der Waals surface area contributed by atoms with Crippen molar-refractivity contribution in [1.29, 1.82) is 0 Å². The number of nitrogens with one attached hydrogen (secondary N) is 1. The maximum Gasteiger partial charge on any atom is 0.416 e. The minimum atomic E-state index is -4.52. The van der Waals surface area contributed by atoms with Crippen LogP contribution < -0.4 is 5.32 Å². The molecule has 0 amide bonds. The van der Waals surface area contributed by atoms with Crippen LogP contribution >= 0.6 is 0 Å². The molecule has 0 radical (unpaired) electrons. The average Bonchev–Trinajstić information content (AvgIpc) is 2.36. The van der Waals surface area contributed by atoms with Crippen molar-refractivity contribution >= 4 is 0 Å². The van der Waals surface area contributed by atoms with Gasteiger partial charge in [0.25, 0.3) is 0 Å². The van der Waals surface area contributed by atoms with Gasteiger partial charge in [-0.2, -0.15) is 13.2 Å². The predicted octanol–water partition coefficient (Wildman–Crippen LogP) is 4.76. The minimum Gasteiger partial charge on any atom is -0.310 e. The zero-order valence-corrected chi connectivity index (χ0v) is 12.0. The van der Waals surface area contributed by atoms with Gasteiger partial charge < -0.3 is 5.32 Å². The van der Waals surface area contributed by atoms with Crippen LogP contribution in [-0.4, -0.2) is 6.04 Å². The Balaban J connectivity index is 2.76. The van der Waals surface area contributed by atoms with Crippen molar-refractivity contribution in [3.63, 3.8) is 0 Å². The zero-order chi connectivity index (χ0) is 15.3. The van der Waals surface area contributed by atoms with Gasteiger partial charge in [-0.3, -0.25) is 0 Å². The van der Waals surface area contributed by atoms with Gasteiger partial charge in [0.1, 0.15) is 5.82 Å². The smallest absolute Gasteiger partial charge is 0.310 e. The van der Waals surface area contributed by atoms with Crippen LogP contribution in [0.15, 0.2) is 18.2 Å². The van der Waals surface area contributed by atoms with Crippen molar-refractivity contribution in [3.8, 4) is 0 Å². The van der Waals surface area contributed by atoms with Crippen LogP contribution in [0.25, 0.3) is 0 Å². The lowest BCUT2D eigenvalue weighted by molar-refractivity contribution is -0.137. The summed E-state index contributed by atoms with van der Waals surface area (Å²) < 4.78 is 51.0. The van der Waals surface area contributed by atoms with Crippen LogP contribution in [0.1, 0.15) is 44.7 Å². The van der Waals surface area contributed by atoms with E-state index in [1.807, 2.05) is 6.92 Å². The SMILES string of the molecule is CCC(CC)C(C)NCc1cc(F)cc(C(F)(F)F)c1. The molecule has 0 aliphatic heterocycles. The van der Waals surface area contributed by atoms with Crippen molar-refractivity contribution in [3.05, 3.63) is 35.1 Å². The third-order valence-corrected chi connectivity index (χ3v) is 3.67. The molecule has 1 aromatic carbocycles. The molecule has 1 rings (SSSR count). The van der Waals surface area contributed by atoms with Crippen molar-refractivity contribution in [2.24, 2.45) is 5.92 Å². The highest BCUT2D eigenvalue weighted by Gasteiger charge is 2.31. The summed E-state index contributed by atoms with van der Waals surface area (Å²) in [4.78, 5) is 0. The van der Waals surface area contributed by atoms with Gasteiger partial charge in [-0.25, -0.2) is 4.39 Å². The Bertz CT molecular complexity index is 424. The normalized spacial score (nSPS) is 13.8. The minimum absolute atomic E-state index is 0.183. The van der Waals surface area contributed by atoms with Crippen molar-refractivity contribution < 1.29 is 17.6 Å².